The Hall–Kier alpha value is -1.32. The number of hydrogen-bond acceptors (Lipinski definition) is 3. The second-order valence-electron chi connectivity index (χ2n) is 5.17. The van der Waals surface area contributed by atoms with Crippen molar-refractivity contribution < 1.29 is 14.3 Å². The third kappa shape index (κ3) is 4.59. The van der Waals surface area contributed by atoms with Gasteiger partial charge in [-0.05, 0) is 33.6 Å². The normalized spacial score (nSPS) is 28.3. The van der Waals surface area contributed by atoms with Gasteiger partial charge in [-0.1, -0.05) is 12.2 Å². The first-order valence-electron chi connectivity index (χ1n) is 6.03. The molecule has 0 spiro atoms. The maximum absolute atomic E-state index is 11.8. The summed E-state index contributed by atoms with van der Waals surface area (Å²) in [6.45, 7) is 5.81. The SMILES string of the molecule is CC1COC(=O)C(C)(C)C/C=C/CCC(=O)N1. The zero-order chi connectivity index (χ0) is 12.9. The van der Waals surface area contributed by atoms with Crippen molar-refractivity contribution in [2.24, 2.45) is 5.41 Å². The van der Waals surface area contributed by atoms with Gasteiger partial charge in [0.05, 0.1) is 11.5 Å². The van der Waals surface area contributed by atoms with Crippen LogP contribution in [0.25, 0.3) is 0 Å². The molecule has 96 valence electrons. The molecule has 1 aliphatic heterocycles. The number of rotatable bonds is 0. The van der Waals surface area contributed by atoms with E-state index in [4.69, 9.17) is 4.74 Å². The van der Waals surface area contributed by atoms with Crippen molar-refractivity contribution in [2.75, 3.05) is 6.61 Å². The van der Waals surface area contributed by atoms with Crippen LogP contribution in [0.2, 0.25) is 0 Å². The van der Waals surface area contributed by atoms with Crippen LogP contribution in [0.4, 0.5) is 0 Å². The van der Waals surface area contributed by atoms with Crippen LogP contribution < -0.4 is 5.32 Å². The summed E-state index contributed by atoms with van der Waals surface area (Å²) >= 11 is 0. The van der Waals surface area contributed by atoms with Gasteiger partial charge in [0.15, 0.2) is 0 Å². The number of esters is 1. The van der Waals surface area contributed by atoms with Crippen LogP contribution in [-0.2, 0) is 14.3 Å². The zero-order valence-electron chi connectivity index (χ0n) is 10.8. The lowest BCUT2D eigenvalue weighted by molar-refractivity contribution is -0.154. The number of ether oxygens (including phenoxy) is 1. The van der Waals surface area contributed by atoms with Crippen LogP contribution in [-0.4, -0.2) is 24.5 Å². The van der Waals surface area contributed by atoms with Crippen molar-refractivity contribution in [2.45, 2.75) is 46.1 Å². The highest BCUT2D eigenvalue weighted by atomic mass is 16.5. The van der Waals surface area contributed by atoms with Crippen LogP contribution in [0.15, 0.2) is 12.2 Å². The first kappa shape index (κ1) is 13.7. The van der Waals surface area contributed by atoms with E-state index < -0.39 is 5.41 Å². The van der Waals surface area contributed by atoms with Crippen molar-refractivity contribution in [1.29, 1.82) is 0 Å². The minimum Gasteiger partial charge on any atom is -0.463 e. The largest absolute Gasteiger partial charge is 0.463 e. The number of cyclic esters (lactones) is 1. The average Bonchev–Trinajstić information content (AvgIpc) is 2.23. The Kier molecular flexibility index (Phi) is 4.73. The number of amides is 1. The lowest BCUT2D eigenvalue weighted by Gasteiger charge is -2.23. The van der Waals surface area contributed by atoms with E-state index in [1.165, 1.54) is 0 Å². The Bertz CT molecular complexity index is 321. The fourth-order valence-corrected chi connectivity index (χ4v) is 1.58. The van der Waals surface area contributed by atoms with Crippen molar-refractivity contribution in [3.63, 3.8) is 0 Å². The molecule has 0 radical (unpaired) electrons. The van der Waals surface area contributed by atoms with E-state index >= 15 is 0 Å². The highest BCUT2D eigenvalue weighted by Gasteiger charge is 2.28. The smallest absolute Gasteiger partial charge is 0.311 e. The highest BCUT2D eigenvalue weighted by Crippen LogP contribution is 2.23. The van der Waals surface area contributed by atoms with Crippen LogP contribution in [0, 0.1) is 5.41 Å². The molecule has 17 heavy (non-hydrogen) atoms. The number of nitrogens with one attached hydrogen (secondary N) is 1. The highest BCUT2D eigenvalue weighted by molar-refractivity contribution is 5.77. The predicted molar refractivity (Wildman–Crippen MR) is 65.3 cm³/mol. The monoisotopic (exact) mass is 239 g/mol. The molecule has 0 aromatic rings. The lowest BCUT2D eigenvalue weighted by atomic mass is 9.89. The maximum atomic E-state index is 11.8. The average molecular weight is 239 g/mol. The summed E-state index contributed by atoms with van der Waals surface area (Å²) in [6.07, 6.45) is 5.72. The van der Waals surface area contributed by atoms with Gasteiger partial charge in [0.2, 0.25) is 5.91 Å². The molecule has 1 atom stereocenters. The molecular formula is C13H21NO3. The van der Waals surface area contributed by atoms with Gasteiger partial charge in [0, 0.05) is 6.42 Å². The van der Waals surface area contributed by atoms with Gasteiger partial charge in [0.1, 0.15) is 6.61 Å². The van der Waals surface area contributed by atoms with Gasteiger partial charge >= 0.3 is 5.97 Å². The maximum Gasteiger partial charge on any atom is 0.311 e. The summed E-state index contributed by atoms with van der Waals surface area (Å²) < 4.78 is 5.20. The topological polar surface area (TPSA) is 55.4 Å². The second-order valence-corrected chi connectivity index (χ2v) is 5.17. The summed E-state index contributed by atoms with van der Waals surface area (Å²) in [5, 5.41) is 2.80. The Morgan fingerprint density at radius 2 is 2.06 bits per heavy atom. The molecule has 0 bridgehead atoms. The van der Waals surface area contributed by atoms with Crippen molar-refractivity contribution >= 4 is 11.9 Å². The van der Waals surface area contributed by atoms with E-state index in [2.05, 4.69) is 5.32 Å². The first-order chi connectivity index (χ1) is 7.92. The summed E-state index contributed by atoms with van der Waals surface area (Å²) in [5.41, 5.74) is -0.501. The molecule has 1 heterocycles. The molecule has 0 saturated carbocycles. The third-order valence-electron chi connectivity index (χ3n) is 2.76. The van der Waals surface area contributed by atoms with E-state index in [9.17, 15) is 9.59 Å². The molecule has 1 amide bonds. The molecule has 0 fully saturated rings. The molecule has 0 aliphatic carbocycles. The van der Waals surface area contributed by atoms with Gasteiger partial charge < -0.3 is 10.1 Å². The molecule has 1 aliphatic rings. The minimum absolute atomic E-state index is 0.00182. The standard InChI is InChI=1S/C13H21NO3/c1-10-9-17-12(16)13(2,3)8-6-4-5-7-11(15)14-10/h4,6,10H,5,7-9H2,1-3H3,(H,14,15)/b6-4+. The van der Waals surface area contributed by atoms with Crippen LogP contribution in [0.5, 0.6) is 0 Å². The zero-order valence-corrected chi connectivity index (χ0v) is 10.8. The Morgan fingerprint density at radius 3 is 2.76 bits per heavy atom. The van der Waals surface area contributed by atoms with Crippen LogP contribution in [0.1, 0.15) is 40.0 Å². The van der Waals surface area contributed by atoms with Crippen molar-refractivity contribution in [1.82, 2.24) is 5.32 Å². The Balaban J connectivity index is 2.70. The summed E-state index contributed by atoms with van der Waals surface area (Å²) in [4.78, 5) is 23.2. The van der Waals surface area contributed by atoms with Gasteiger partial charge in [0.25, 0.3) is 0 Å². The number of allylic oxidation sites excluding steroid dienone is 2. The van der Waals surface area contributed by atoms with Crippen molar-refractivity contribution in [3.05, 3.63) is 12.2 Å². The number of carbonyl (C=O) groups excluding carboxylic acids is 2. The van der Waals surface area contributed by atoms with E-state index in [0.717, 1.165) is 0 Å². The molecule has 4 heteroatoms. The summed E-state index contributed by atoms with van der Waals surface area (Å²) in [6, 6.07) is -0.134. The van der Waals surface area contributed by atoms with Gasteiger partial charge in [-0.2, -0.15) is 0 Å². The first-order valence-corrected chi connectivity index (χ1v) is 6.03. The second kappa shape index (κ2) is 5.84. The molecule has 1 unspecified atom stereocenters. The van der Waals surface area contributed by atoms with E-state index in [0.29, 0.717) is 19.3 Å². The quantitative estimate of drug-likeness (QED) is 0.518. The lowest BCUT2D eigenvalue weighted by Crippen LogP contribution is -2.38. The summed E-state index contributed by atoms with van der Waals surface area (Å²) in [7, 11) is 0. The van der Waals surface area contributed by atoms with Crippen LogP contribution >= 0.6 is 0 Å². The molecular weight excluding hydrogens is 218 g/mol. The molecule has 4 nitrogen and oxygen atoms in total. The van der Waals surface area contributed by atoms with Gasteiger partial charge in [-0.3, -0.25) is 9.59 Å². The van der Waals surface area contributed by atoms with E-state index in [1.54, 1.807) is 0 Å². The fraction of sp³-hybridized carbons (Fsp3) is 0.692. The fourth-order valence-electron chi connectivity index (χ4n) is 1.58. The molecule has 0 saturated heterocycles. The predicted octanol–water partition coefficient (Wildman–Crippen LogP) is 1.80. The van der Waals surface area contributed by atoms with Gasteiger partial charge in [-0.15, -0.1) is 0 Å². The van der Waals surface area contributed by atoms with Gasteiger partial charge in [-0.25, -0.2) is 0 Å². The summed E-state index contributed by atoms with van der Waals surface area (Å²) in [5.74, 6) is -0.221. The Morgan fingerprint density at radius 1 is 1.35 bits per heavy atom. The minimum atomic E-state index is -0.501. The van der Waals surface area contributed by atoms with Crippen LogP contribution in [0.3, 0.4) is 0 Å². The molecule has 0 aromatic carbocycles. The van der Waals surface area contributed by atoms with Crippen molar-refractivity contribution in [3.8, 4) is 0 Å². The third-order valence-corrected chi connectivity index (χ3v) is 2.76. The van der Waals surface area contributed by atoms with E-state index in [1.807, 2.05) is 32.9 Å². The van der Waals surface area contributed by atoms with E-state index in [-0.39, 0.29) is 24.5 Å². The number of hydrogen-bond donors (Lipinski definition) is 1. The molecule has 0 aromatic heterocycles. The number of carbonyl (C=O) groups is 2. The molecule has 1 rings (SSSR count). The molecule has 1 N–H and O–H groups in total. The Labute approximate surface area is 102 Å².